The summed E-state index contributed by atoms with van der Waals surface area (Å²) in [4.78, 5) is 32.1. The van der Waals surface area contributed by atoms with Gasteiger partial charge in [-0.3, -0.25) is 9.59 Å². The lowest BCUT2D eigenvalue weighted by Gasteiger charge is -2.30. The molecule has 39 heavy (non-hydrogen) atoms. The van der Waals surface area contributed by atoms with Gasteiger partial charge in [0.2, 0.25) is 0 Å². The van der Waals surface area contributed by atoms with E-state index in [1.54, 1.807) is 6.20 Å². The van der Waals surface area contributed by atoms with E-state index in [9.17, 15) is 14.7 Å². The van der Waals surface area contributed by atoms with Crippen molar-refractivity contribution in [2.45, 2.75) is 70.9 Å². The average molecular weight is 524 g/mol. The maximum absolute atomic E-state index is 13.5. The van der Waals surface area contributed by atoms with Crippen molar-refractivity contribution in [3.8, 4) is 0 Å². The molecule has 4 aromatic rings. The van der Waals surface area contributed by atoms with Gasteiger partial charge in [0, 0.05) is 37.3 Å². The number of nitrogens with zero attached hydrogens (tertiary/aromatic N) is 5. The number of amides is 1. The second kappa shape index (κ2) is 10.6. The van der Waals surface area contributed by atoms with Crippen molar-refractivity contribution in [3.63, 3.8) is 0 Å². The fraction of sp³-hybridized carbons (Fsp3) is 0.387. The Hall–Kier alpha value is -4.07. The first-order valence-corrected chi connectivity index (χ1v) is 13.9. The van der Waals surface area contributed by atoms with E-state index in [1.807, 2.05) is 40.8 Å². The highest BCUT2D eigenvalue weighted by Gasteiger charge is 2.26. The molecule has 0 aliphatic carbocycles. The molecule has 1 N–H and O–H groups in total. The molecule has 5 heterocycles. The molecular formula is C31H33N5O3. The monoisotopic (exact) mass is 523 g/mol. The molecule has 8 heteroatoms. The van der Waals surface area contributed by atoms with Crippen molar-refractivity contribution >= 4 is 23.0 Å². The van der Waals surface area contributed by atoms with Crippen LogP contribution in [0.5, 0.6) is 0 Å². The number of hydrogen-bond donors (Lipinski definition) is 1. The van der Waals surface area contributed by atoms with E-state index in [1.165, 1.54) is 11.1 Å². The van der Waals surface area contributed by atoms with Gasteiger partial charge in [0.25, 0.3) is 5.91 Å². The van der Waals surface area contributed by atoms with Gasteiger partial charge in [0.05, 0.1) is 6.42 Å². The topological polar surface area (TPSA) is 101 Å². The smallest absolute Gasteiger partial charge is 0.304 e. The second-order valence-electron chi connectivity index (χ2n) is 10.8. The van der Waals surface area contributed by atoms with Crippen LogP contribution in [0.1, 0.15) is 81.8 Å². The molecule has 0 saturated carbocycles. The van der Waals surface area contributed by atoms with Crippen molar-refractivity contribution in [2.75, 3.05) is 6.54 Å². The van der Waals surface area contributed by atoms with Gasteiger partial charge in [-0.15, -0.1) is 5.10 Å². The standard InChI is InChI=1S/C31H33N5O3/c1-20-27-18-32-30-29(20)33-34-36(30)13-5-3-2-4-7-21-8-6-9-24(15-21)31(39)35-14-12-22-10-11-23(16-25(22)19-35)26(27)17-28(37)38/h6,8-11,15-16,18,26H,2-5,7,12-14,17,19H2,1H3,(H,37,38). The number of aryl methyl sites for hydroxylation is 3. The van der Waals surface area contributed by atoms with Crippen LogP contribution in [-0.4, -0.2) is 48.4 Å². The zero-order valence-corrected chi connectivity index (χ0v) is 22.3. The molecule has 0 spiro atoms. The number of fused-ring (bicyclic) bond motifs is 6. The van der Waals surface area contributed by atoms with E-state index in [0.29, 0.717) is 13.1 Å². The van der Waals surface area contributed by atoms with Crippen molar-refractivity contribution in [2.24, 2.45) is 0 Å². The summed E-state index contributed by atoms with van der Waals surface area (Å²) >= 11 is 0. The number of aromatic nitrogens is 4. The molecule has 2 aromatic carbocycles. The number of carbonyl (C=O) groups excluding carboxylic acids is 1. The number of carboxylic acid groups (broad SMARTS) is 1. The van der Waals surface area contributed by atoms with Gasteiger partial charge in [0.1, 0.15) is 5.52 Å². The van der Waals surface area contributed by atoms with E-state index in [4.69, 9.17) is 4.98 Å². The number of hydrogen-bond acceptors (Lipinski definition) is 5. The highest BCUT2D eigenvalue weighted by Crippen LogP contribution is 2.34. The molecule has 2 aromatic heterocycles. The molecule has 1 atom stereocenters. The second-order valence-corrected chi connectivity index (χ2v) is 10.8. The summed E-state index contributed by atoms with van der Waals surface area (Å²) in [6.45, 7) is 3.90. The number of benzene rings is 2. The predicted molar refractivity (Wildman–Crippen MR) is 148 cm³/mol. The molecule has 0 saturated heterocycles. The van der Waals surface area contributed by atoms with Crippen LogP contribution < -0.4 is 0 Å². The molecule has 200 valence electrons. The largest absolute Gasteiger partial charge is 0.481 e. The molecule has 8 nitrogen and oxygen atoms in total. The lowest BCUT2D eigenvalue weighted by atomic mass is 9.84. The third kappa shape index (κ3) is 5.03. The first kappa shape index (κ1) is 25.2. The molecule has 1 unspecified atom stereocenters. The SMILES string of the molecule is Cc1c2cnc3c1nnn3CCCCCCc1cccc(c1)C(=O)N1CCc3ccc(cc3C1)C2CC(=O)O. The minimum absolute atomic E-state index is 0.0498. The van der Waals surface area contributed by atoms with Crippen LogP contribution in [0.15, 0.2) is 48.7 Å². The third-order valence-corrected chi connectivity index (χ3v) is 8.27. The van der Waals surface area contributed by atoms with Crippen LogP contribution in [0.3, 0.4) is 0 Å². The molecule has 1 amide bonds. The Morgan fingerprint density at radius 3 is 2.77 bits per heavy atom. The van der Waals surface area contributed by atoms with Gasteiger partial charge in [-0.1, -0.05) is 48.4 Å². The maximum atomic E-state index is 13.5. The van der Waals surface area contributed by atoms with Gasteiger partial charge < -0.3 is 10.0 Å². The molecule has 3 aliphatic heterocycles. The van der Waals surface area contributed by atoms with Gasteiger partial charge in [-0.05, 0) is 78.1 Å². The van der Waals surface area contributed by atoms with Gasteiger partial charge in [-0.2, -0.15) is 0 Å². The number of carbonyl (C=O) groups is 2. The summed E-state index contributed by atoms with van der Waals surface area (Å²) in [5, 5.41) is 18.7. The number of pyridine rings is 1. The van der Waals surface area contributed by atoms with Gasteiger partial charge >= 0.3 is 5.97 Å². The summed E-state index contributed by atoms with van der Waals surface area (Å²) in [6, 6.07) is 14.3. The number of aliphatic carboxylic acids is 1. The molecule has 7 rings (SSSR count). The minimum Gasteiger partial charge on any atom is -0.481 e. The quantitative estimate of drug-likeness (QED) is 0.394. The Labute approximate surface area is 227 Å². The zero-order chi connectivity index (χ0) is 26.9. The highest BCUT2D eigenvalue weighted by atomic mass is 16.4. The fourth-order valence-corrected chi connectivity index (χ4v) is 6.08. The molecular weight excluding hydrogens is 490 g/mol. The summed E-state index contributed by atoms with van der Waals surface area (Å²) < 4.78 is 1.86. The van der Waals surface area contributed by atoms with Crippen LogP contribution in [0, 0.1) is 6.92 Å². The van der Waals surface area contributed by atoms with E-state index in [2.05, 4.69) is 28.5 Å². The van der Waals surface area contributed by atoms with E-state index >= 15 is 0 Å². The molecule has 3 aliphatic rings. The Morgan fingerprint density at radius 2 is 1.90 bits per heavy atom. The summed E-state index contributed by atoms with van der Waals surface area (Å²) in [5.41, 5.74) is 8.35. The lowest BCUT2D eigenvalue weighted by Crippen LogP contribution is -2.36. The lowest BCUT2D eigenvalue weighted by molar-refractivity contribution is -0.137. The highest BCUT2D eigenvalue weighted by molar-refractivity contribution is 5.94. The molecule has 0 radical (unpaired) electrons. The Kier molecular flexibility index (Phi) is 6.85. The van der Waals surface area contributed by atoms with E-state index in [-0.39, 0.29) is 18.2 Å². The van der Waals surface area contributed by atoms with Crippen LogP contribution in [0.4, 0.5) is 0 Å². The van der Waals surface area contributed by atoms with Crippen LogP contribution in [0.25, 0.3) is 11.2 Å². The predicted octanol–water partition coefficient (Wildman–Crippen LogP) is 5.06. The van der Waals surface area contributed by atoms with Crippen molar-refractivity contribution < 1.29 is 14.7 Å². The summed E-state index contributed by atoms with van der Waals surface area (Å²) in [5.74, 6) is -1.21. The van der Waals surface area contributed by atoms with Crippen LogP contribution in [0.2, 0.25) is 0 Å². The third-order valence-electron chi connectivity index (χ3n) is 8.27. The fourth-order valence-electron chi connectivity index (χ4n) is 6.08. The van der Waals surface area contributed by atoms with Gasteiger partial charge in [0.15, 0.2) is 5.65 Å². The minimum atomic E-state index is -0.872. The van der Waals surface area contributed by atoms with Crippen molar-refractivity contribution in [1.29, 1.82) is 0 Å². The molecule has 0 fully saturated rings. The summed E-state index contributed by atoms with van der Waals surface area (Å²) in [6.07, 6.45) is 7.69. The maximum Gasteiger partial charge on any atom is 0.304 e. The summed E-state index contributed by atoms with van der Waals surface area (Å²) in [7, 11) is 0. The first-order valence-electron chi connectivity index (χ1n) is 13.9. The van der Waals surface area contributed by atoms with E-state index < -0.39 is 5.97 Å². The Morgan fingerprint density at radius 1 is 1.03 bits per heavy atom. The molecule has 9 bridgehead atoms. The van der Waals surface area contributed by atoms with Crippen molar-refractivity contribution in [3.05, 3.63) is 87.6 Å². The van der Waals surface area contributed by atoms with Crippen molar-refractivity contribution in [1.82, 2.24) is 24.9 Å². The normalized spacial score (nSPS) is 18.0. The number of carboxylic acids is 1. The Bertz CT molecular complexity index is 1560. The van der Waals surface area contributed by atoms with Crippen LogP contribution >= 0.6 is 0 Å². The first-order chi connectivity index (χ1) is 19.0. The number of rotatable bonds is 2. The zero-order valence-electron chi connectivity index (χ0n) is 22.3. The van der Waals surface area contributed by atoms with E-state index in [0.717, 1.165) is 84.1 Å². The van der Waals surface area contributed by atoms with Crippen LogP contribution in [-0.2, 0) is 30.7 Å². The average Bonchev–Trinajstić information content (AvgIpc) is 3.36. The Balaban J connectivity index is 1.43. The van der Waals surface area contributed by atoms with Gasteiger partial charge in [-0.25, -0.2) is 9.67 Å².